The molecule has 1 fully saturated rings. The minimum Gasteiger partial charge on any atom is -0.488 e. The average Bonchev–Trinajstić information content (AvgIpc) is 3.39. The van der Waals surface area contributed by atoms with Crippen LogP contribution in [-0.4, -0.2) is 39.6 Å². The first-order valence-electron chi connectivity index (χ1n) is 10.2. The molecule has 4 rings (SSSR count). The molecule has 3 aromatic rings. The molecule has 2 heterocycles. The summed E-state index contributed by atoms with van der Waals surface area (Å²) in [6.07, 6.45) is -4.47. The lowest BCUT2D eigenvalue weighted by molar-refractivity contribution is -0.139. The van der Waals surface area contributed by atoms with Crippen LogP contribution in [0.15, 0.2) is 61.8 Å². The van der Waals surface area contributed by atoms with Crippen LogP contribution in [0.4, 0.5) is 18.9 Å². The van der Waals surface area contributed by atoms with Crippen molar-refractivity contribution in [1.29, 1.82) is 0 Å². The summed E-state index contributed by atoms with van der Waals surface area (Å²) in [6.45, 7) is 1.20. The van der Waals surface area contributed by atoms with Gasteiger partial charge in [-0.25, -0.2) is 8.42 Å². The lowest BCUT2D eigenvalue weighted by atomic mass is 10.1. The molecule has 1 saturated heterocycles. The van der Waals surface area contributed by atoms with Gasteiger partial charge in [0.1, 0.15) is 16.1 Å². The molecule has 1 N–H and O–H groups in total. The lowest BCUT2D eigenvalue weighted by Gasteiger charge is -2.19. The number of hydrogen-bond acceptors (Lipinski definition) is 6. The molecular formula is C22H19Cl2F3N2O3S3. The van der Waals surface area contributed by atoms with Crippen molar-refractivity contribution in [2.75, 3.05) is 24.9 Å². The van der Waals surface area contributed by atoms with Crippen molar-refractivity contribution in [3.63, 3.8) is 0 Å². The number of likely N-dealkylation sites (tertiary alicyclic amines) is 1. The van der Waals surface area contributed by atoms with E-state index in [4.69, 9.17) is 27.9 Å². The number of anilines is 1. The molecule has 188 valence electrons. The van der Waals surface area contributed by atoms with Crippen LogP contribution in [0.25, 0.3) is 0 Å². The lowest BCUT2D eigenvalue weighted by Crippen LogP contribution is -2.23. The number of nitrogens with zero attached hydrogens (tertiary/aromatic N) is 1. The van der Waals surface area contributed by atoms with E-state index >= 15 is 0 Å². The van der Waals surface area contributed by atoms with Crippen LogP contribution in [-0.2, 0) is 16.2 Å². The summed E-state index contributed by atoms with van der Waals surface area (Å²) in [7, 11) is -2.18. The van der Waals surface area contributed by atoms with Crippen LogP contribution < -0.4 is 9.46 Å². The predicted octanol–water partition coefficient (Wildman–Crippen LogP) is 7.11. The highest BCUT2D eigenvalue weighted by Gasteiger charge is 2.36. The number of sulfonamides is 1. The fourth-order valence-corrected chi connectivity index (χ4v) is 7.47. The van der Waals surface area contributed by atoms with Crippen LogP contribution in [0.3, 0.4) is 0 Å². The molecule has 0 aliphatic carbocycles. The molecule has 1 aromatic heterocycles. The van der Waals surface area contributed by atoms with Crippen molar-refractivity contribution < 1.29 is 26.3 Å². The van der Waals surface area contributed by atoms with Gasteiger partial charge in [0, 0.05) is 24.1 Å². The van der Waals surface area contributed by atoms with Crippen LogP contribution in [0.1, 0.15) is 12.0 Å². The van der Waals surface area contributed by atoms with E-state index in [1.165, 1.54) is 17.8 Å². The van der Waals surface area contributed by atoms with Crippen LogP contribution in [0.2, 0.25) is 10.0 Å². The Labute approximate surface area is 219 Å². The standard InChI is InChI=1S/C22H19Cl2F3N2O3S3/c1-29-9-8-14(12-29)32-19-10-13(2-4-16(19)22(25,26)27)28-35(30,31)21-7-6-20(34-21)33-15-3-5-17(23)18(24)11-15/h2-7,10-11,14,28H,8-9,12H2,1H3/t14-/m1/s1. The fourth-order valence-electron chi connectivity index (χ4n) is 3.45. The number of likely N-dealkylation sites (N-methyl/N-ethyl adjacent to an activating group) is 1. The number of ether oxygens (including phenoxy) is 1. The maximum absolute atomic E-state index is 13.5. The molecule has 0 radical (unpaired) electrons. The van der Waals surface area contributed by atoms with Gasteiger partial charge in [0.2, 0.25) is 0 Å². The number of hydrogen-bond donors (Lipinski definition) is 1. The van der Waals surface area contributed by atoms with Gasteiger partial charge in [-0.3, -0.25) is 4.72 Å². The van der Waals surface area contributed by atoms with Gasteiger partial charge < -0.3 is 9.64 Å². The fraction of sp³-hybridized carbons (Fsp3) is 0.273. The molecule has 1 atom stereocenters. The second-order valence-electron chi connectivity index (χ2n) is 7.86. The van der Waals surface area contributed by atoms with E-state index in [9.17, 15) is 21.6 Å². The summed E-state index contributed by atoms with van der Waals surface area (Å²) < 4.78 is 75.1. The van der Waals surface area contributed by atoms with E-state index < -0.39 is 33.6 Å². The molecule has 1 aliphatic rings. The van der Waals surface area contributed by atoms with E-state index in [1.54, 1.807) is 24.3 Å². The third-order valence-corrected chi connectivity index (χ3v) is 9.93. The SMILES string of the molecule is CN1CC[C@@H](Oc2cc(NS(=O)(=O)c3ccc(Sc4ccc(Cl)c(Cl)c4)s3)ccc2C(F)(F)F)C1. The summed E-state index contributed by atoms with van der Waals surface area (Å²) >= 11 is 14.3. The van der Waals surface area contributed by atoms with Crippen molar-refractivity contribution in [3.05, 3.63) is 64.1 Å². The zero-order valence-corrected chi connectivity index (χ0v) is 22.1. The molecule has 2 aromatic carbocycles. The molecule has 0 saturated carbocycles. The molecule has 5 nitrogen and oxygen atoms in total. The summed E-state index contributed by atoms with van der Waals surface area (Å²) in [5, 5.41) is 0.793. The molecule has 13 heteroatoms. The Balaban J connectivity index is 1.53. The second-order valence-corrected chi connectivity index (χ2v) is 13.0. The highest BCUT2D eigenvalue weighted by molar-refractivity contribution is 8.02. The number of benzene rings is 2. The highest BCUT2D eigenvalue weighted by atomic mass is 35.5. The summed E-state index contributed by atoms with van der Waals surface area (Å²) in [5.74, 6) is -0.403. The number of rotatable bonds is 7. The Kier molecular flexibility index (Phi) is 7.85. The third kappa shape index (κ3) is 6.58. The Morgan fingerprint density at radius 3 is 2.54 bits per heavy atom. The minimum atomic E-state index is -4.64. The monoisotopic (exact) mass is 582 g/mol. The summed E-state index contributed by atoms with van der Waals surface area (Å²) in [4.78, 5) is 2.73. The number of alkyl halides is 3. The van der Waals surface area contributed by atoms with E-state index in [-0.39, 0.29) is 9.90 Å². The Hall–Kier alpha value is -1.63. The first kappa shape index (κ1) is 26.4. The quantitative estimate of drug-likeness (QED) is 0.321. The zero-order valence-electron chi connectivity index (χ0n) is 18.1. The van der Waals surface area contributed by atoms with Crippen molar-refractivity contribution in [2.24, 2.45) is 0 Å². The van der Waals surface area contributed by atoms with Gasteiger partial charge in [-0.2, -0.15) is 13.2 Å². The van der Waals surface area contributed by atoms with Crippen molar-refractivity contribution in [3.8, 4) is 5.75 Å². The van der Waals surface area contributed by atoms with Gasteiger partial charge in [-0.1, -0.05) is 35.0 Å². The molecular weight excluding hydrogens is 564 g/mol. The smallest absolute Gasteiger partial charge is 0.419 e. The van der Waals surface area contributed by atoms with E-state index in [2.05, 4.69) is 4.72 Å². The second kappa shape index (κ2) is 10.4. The Bertz CT molecular complexity index is 1330. The minimum absolute atomic E-state index is 0.0137. The van der Waals surface area contributed by atoms with Crippen LogP contribution in [0.5, 0.6) is 5.75 Å². The first-order valence-corrected chi connectivity index (χ1v) is 14.1. The maximum atomic E-state index is 13.5. The van der Waals surface area contributed by atoms with Gasteiger partial charge in [0.05, 0.1) is 25.5 Å². The molecule has 1 aliphatic heterocycles. The highest BCUT2D eigenvalue weighted by Crippen LogP contribution is 2.40. The van der Waals surface area contributed by atoms with Crippen LogP contribution >= 0.6 is 46.3 Å². The Morgan fingerprint density at radius 2 is 1.89 bits per heavy atom. The van der Waals surface area contributed by atoms with Gasteiger partial charge in [0.25, 0.3) is 10.0 Å². The molecule has 0 spiro atoms. The average molecular weight is 584 g/mol. The number of thiophene rings is 1. The molecule has 35 heavy (non-hydrogen) atoms. The zero-order chi connectivity index (χ0) is 25.4. The van der Waals surface area contributed by atoms with Crippen molar-refractivity contribution >= 4 is 62.0 Å². The third-order valence-electron chi connectivity index (χ3n) is 5.11. The van der Waals surface area contributed by atoms with Gasteiger partial charge in [-0.05, 0) is 55.9 Å². The van der Waals surface area contributed by atoms with Crippen molar-refractivity contribution in [2.45, 2.75) is 32.0 Å². The summed E-state index contributed by atoms with van der Waals surface area (Å²) in [5.41, 5.74) is -0.974. The molecule has 0 bridgehead atoms. The number of nitrogens with one attached hydrogen (secondary N) is 1. The van der Waals surface area contributed by atoms with Gasteiger partial charge in [0.15, 0.2) is 0 Å². The van der Waals surface area contributed by atoms with Crippen molar-refractivity contribution in [1.82, 2.24) is 4.90 Å². The predicted molar refractivity (Wildman–Crippen MR) is 134 cm³/mol. The van der Waals surface area contributed by atoms with Crippen LogP contribution in [0, 0.1) is 0 Å². The number of halogens is 5. The Morgan fingerprint density at radius 1 is 1.11 bits per heavy atom. The van der Waals surface area contributed by atoms with Gasteiger partial charge in [-0.15, -0.1) is 11.3 Å². The van der Waals surface area contributed by atoms with Gasteiger partial charge >= 0.3 is 6.18 Å². The maximum Gasteiger partial charge on any atom is 0.419 e. The van der Waals surface area contributed by atoms with E-state index in [1.807, 2.05) is 11.9 Å². The largest absolute Gasteiger partial charge is 0.488 e. The topological polar surface area (TPSA) is 58.6 Å². The van der Waals surface area contributed by atoms with E-state index in [0.29, 0.717) is 33.8 Å². The molecule has 0 unspecified atom stereocenters. The van der Waals surface area contributed by atoms with E-state index in [0.717, 1.165) is 34.4 Å². The first-order chi connectivity index (χ1) is 16.4. The summed E-state index contributed by atoms with van der Waals surface area (Å²) in [6, 6.07) is 11.1. The normalized spacial score (nSPS) is 17.0. The molecule has 0 amide bonds.